The number of carbonyl (C=O) groups excluding carboxylic acids is 4. The molecule has 0 unspecified atom stereocenters. The molecule has 3 aliphatic rings. The molecule has 2 atom stereocenters. The van der Waals surface area contributed by atoms with Gasteiger partial charge in [0.2, 0.25) is 17.7 Å². The summed E-state index contributed by atoms with van der Waals surface area (Å²) in [6, 6.07) is 8.83. The van der Waals surface area contributed by atoms with Crippen LogP contribution in [0.25, 0.3) is 22.1 Å². The number of nitrogens with zero attached hydrogens (tertiary/aromatic N) is 8. The third-order valence-electron chi connectivity index (χ3n) is 12.5. The Kier molecular flexibility index (Phi) is 12.5. The van der Waals surface area contributed by atoms with Gasteiger partial charge in [-0.2, -0.15) is 5.10 Å². The Hall–Kier alpha value is -6.79. The van der Waals surface area contributed by atoms with E-state index in [0.717, 1.165) is 27.7 Å². The molecule has 0 radical (unpaired) electrons. The van der Waals surface area contributed by atoms with Crippen LogP contribution in [0.4, 0.5) is 10.5 Å². The van der Waals surface area contributed by atoms with Crippen molar-refractivity contribution < 1.29 is 29.1 Å². The number of likely N-dealkylation sites (tertiary alicyclic amines) is 2. The second kappa shape index (κ2) is 18.4. The van der Waals surface area contributed by atoms with Crippen molar-refractivity contribution in [3.8, 4) is 0 Å². The third-order valence-corrected chi connectivity index (χ3v) is 12.5. The van der Waals surface area contributed by atoms with Gasteiger partial charge in [-0.1, -0.05) is 6.07 Å². The van der Waals surface area contributed by atoms with Crippen molar-refractivity contribution in [1.29, 1.82) is 0 Å². The fourth-order valence-corrected chi connectivity index (χ4v) is 9.21. The summed E-state index contributed by atoms with van der Waals surface area (Å²) in [5.41, 5.74) is 4.58. The van der Waals surface area contributed by atoms with Crippen LogP contribution < -0.4 is 21.2 Å². The first kappa shape index (κ1) is 41.9. The Labute approximate surface area is 356 Å². The Morgan fingerprint density at radius 2 is 1.58 bits per heavy atom. The van der Waals surface area contributed by atoms with Crippen LogP contribution in [0.5, 0.6) is 0 Å². The van der Waals surface area contributed by atoms with E-state index < -0.39 is 42.3 Å². The number of carboxylic acids is 1. The standard InChI is InChI=1S/C43H52N12O7/c1-27-21-29(22-30-26-46-50-38(27)30)24-33(48-42(61)54-15-8-32(9-16-54)55-35-3-2-10-45-39(35)49-43(55)62)40(59)47-34(23-28-6-13-52(14-7-28)36(56)25-37(57)58)41(60)53-19-17-51(18-20-53)31-4-11-44-12-5-31/h2-5,10-12,21-22,26,28,32-34H,6-9,13-20,23-25H2,1H3,(H,46,50)(H,47,59)(H,48,61)(H,57,58)(H,45,49,62)/t33-,34-/m0/s1. The lowest BCUT2D eigenvalue weighted by atomic mass is 9.89. The van der Waals surface area contributed by atoms with Crippen LogP contribution in [0, 0.1) is 12.8 Å². The molecule has 3 aliphatic heterocycles. The zero-order valence-electron chi connectivity index (χ0n) is 34.7. The van der Waals surface area contributed by atoms with Gasteiger partial charge in [0.05, 0.1) is 17.2 Å². The van der Waals surface area contributed by atoms with Gasteiger partial charge in [0, 0.05) is 94.5 Å². The molecule has 5 amide bonds. The summed E-state index contributed by atoms with van der Waals surface area (Å²) < 4.78 is 1.70. The molecule has 19 heteroatoms. The number of anilines is 1. The van der Waals surface area contributed by atoms with Crippen molar-refractivity contribution in [2.24, 2.45) is 5.92 Å². The predicted molar refractivity (Wildman–Crippen MR) is 228 cm³/mol. The Morgan fingerprint density at radius 3 is 2.31 bits per heavy atom. The maximum absolute atomic E-state index is 14.7. The molecule has 1 aromatic carbocycles. The highest BCUT2D eigenvalue weighted by Crippen LogP contribution is 2.27. The quantitative estimate of drug-likeness (QED) is 0.114. The highest BCUT2D eigenvalue weighted by Gasteiger charge is 2.36. The van der Waals surface area contributed by atoms with E-state index in [9.17, 15) is 28.8 Å². The molecular weight excluding hydrogens is 797 g/mol. The number of pyridine rings is 2. The van der Waals surface area contributed by atoms with E-state index in [1.165, 1.54) is 0 Å². The number of piperidine rings is 2. The zero-order valence-corrected chi connectivity index (χ0v) is 34.7. The zero-order chi connectivity index (χ0) is 43.3. The van der Waals surface area contributed by atoms with Crippen LogP contribution in [0.2, 0.25) is 0 Å². The van der Waals surface area contributed by atoms with Crippen molar-refractivity contribution in [3.05, 3.63) is 82.8 Å². The molecule has 326 valence electrons. The second-order valence-electron chi connectivity index (χ2n) is 16.6. The molecule has 19 nitrogen and oxygen atoms in total. The van der Waals surface area contributed by atoms with Crippen molar-refractivity contribution >= 4 is 57.5 Å². The molecule has 0 saturated carbocycles. The lowest BCUT2D eigenvalue weighted by Gasteiger charge is -2.39. The van der Waals surface area contributed by atoms with E-state index in [-0.39, 0.29) is 30.0 Å². The van der Waals surface area contributed by atoms with E-state index in [1.807, 2.05) is 37.3 Å². The number of hydrogen-bond acceptors (Lipinski definition) is 10. The molecule has 8 rings (SSSR count). The summed E-state index contributed by atoms with van der Waals surface area (Å²) in [5, 5.41) is 23.3. The predicted octanol–water partition coefficient (Wildman–Crippen LogP) is 2.20. The summed E-state index contributed by atoms with van der Waals surface area (Å²) in [6.45, 7) is 5.43. The number of aromatic amines is 2. The lowest BCUT2D eigenvalue weighted by molar-refractivity contribution is -0.145. The summed E-state index contributed by atoms with van der Waals surface area (Å²) in [5.74, 6) is -2.38. The molecule has 0 bridgehead atoms. The minimum Gasteiger partial charge on any atom is -0.481 e. The topological polar surface area (TPSA) is 235 Å². The first-order valence-corrected chi connectivity index (χ1v) is 21.3. The van der Waals surface area contributed by atoms with Gasteiger partial charge in [-0.25, -0.2) is 14.6 Å². The fraction of sp³-hybridized carbons (Fsp3) is 0.465. The number of aryl methyl sites for hydroxylation is 1. The van der Waals surface area contributed by atoms with Gasteiger partial charge in [0.15, 0.2) is 5.65 Å². The molecular formula is C43H52N12O7. The van der Waals surface area contributed by atoms with Crippen molar-refractivity contribution in [1.82, 2.24) is 55.0 Å². The van der Waals surface area contributed by atoms with E-state index in [0.29, 0.717) is 95.6 Å². The monoisotopic (exact) mass is 848 g/mol. The van der Waals surface area contributed by atoms with E-state index in [2.05, 4.69) is 40.7 Å². The van der Waals surface area contributed by atoms with Gasteiger partial charge >= 0.3 is 17.7 Å². The lowest BCUT2D eigenvalue weighted by Crippen LogP contribution is -2.59. The van der Waals surface area contributed by atoms with E-state index >= 15 is 0 Å². The fourth-order valence-electron chi connectivity index (χ4n) is 9.21. The first-order valence-electron chi connectivity index (χ1n) is 21.3. The average molecular weight is 849 g/mol. The molecule has 0 spiro atoms. The maximum Gasteiger partial charge on any atom is 0.327 e. The summed E-state index contributed by atoms with van der Waals surface area (Å²) in [7, 11) is 0. The number of benzene rings is 1. The average Bonchev–Trinajstić information content (AvgIpc) is 3.90. The molecule has 7 heterocycles. The number of H-pyrrole nitrogens is 2. The number of carbonyl (C=O) groups is 5. The van der Waals surface area contributed by atoms with Gasteiger partial charge in [0.25, 0.3) is 0 Å². The number of nitrogens with one attached hydrogen (secondary N) is 4. The van der Waals surface area contributed by atoms with E-state index in [4.69, 9.17) is 5.11 Å². The van der Waals surface area contributed by atoms with Gasteiger partial charge in [-0.05, 0) is 86.4 Å². The highest BCUT2D eigenvalue weighted by atomic mass is 16.4. The van der Waals surface area contributed by atoms with Gasteiger partial charge in [-0.15, -0.1) is 0 Å². The molecule has 3 fully saturated rings. The number of imidazole rings is 1. The minimum atomic E-state index is -1.18. The van der Waals surface area contributed by atoms with Crippen molar-refractivity contribution in [3.63, 3.8) is 0 Å². The maximum atomic E-state index is 14.7. The molecule has 5 aromatic rings. The summed E-state index contributed by atoms with van der Waals surface area (Å²) >= 11 is 0. The molecule has 5 N–H and O–H groups in total. The molecule has 4 aromatic heterocycles. The molecule has 0 aliphatic carbocycles. The van der Waals surface area contributed by atoms with Gasteiger partial charge in [0.1, 0.15) is 18.5 Å². The number of urea groups is 1. The van der Waals surface area contributed by atoms with Crippen molar-refractivity contribution in [2.75, 3.05) is 57.3 Å². The van der Waals surface area contributed by atoms with Crippen LogP contribution in [0.1, 0.15) is 55.7 Å². The van der Waals surface area contributed by atoms with E-state index in [1.54, 1.807) is 50.1 Å². The van der Waals surface area contributed by atoms with Gasteiger partial charge in [-0.3, -0.25) is 38.8 Å². The van der Waals surface area contributed by atoms with Gasteiger partial charge < -0.3 is 35.3 Å². The summed E-state index contributed by atoms with van der Waals surface area (Å²) in [6.07, 6.45) is 8.81. The number of carboxylic acid groups (broad SMARTS) is 1. The van der Waals surface area contributed by atoms with Crippen LogP contribution in [-0.2, 0) is 25.6 Å². The highest BCUT2D eigenvalue weighted by molar-refractivity contribution is 5.94. The largest absolute Gasteiger partial charge is 0.481 e. The van der Waals surface area contributed by atoms with Crippen LogP contribution in [-0.4, -0.2) is 144 Å². The smallest absolute Gasteiger partial charge is 0.327 e. The number of rotatable bonds is 12. The summed E-state index contributed by atoms with van der Waals surface area (Å²) in [4.78, 5) is 98.2. The number of hydrogen-bond donors (Lipinski definition) is 5. The number of piperazine rings is 1. The number of aromatic nitrogens is 6. The molecule has 3 saturated heterocycles. The van der Waals surface area contributed by atoms with Crippen molar-refractivity contribution in [2.45, 2.75) is 70.0 Å². The second-order valence-corrected chi connectivity index (χ2v) is 16.6. The number of aliphatic carboxylic acids is 1. The van der Waals surface area contributed by atoms with Crippen LogP contribution >= 0.6 is 0 Å². The normalized spacial score (nSPS) is 17.6. The Morgan fingerprint density at radius 1 is 0.855 bits per heavy atom. The SMILES string of the molecule is Cc1cc(C[C@H](NC(=O)N2CCC(n3c(=O)[nH]c4ncccc43)CC2)C(=O)N[C@@H](CC2CCN(C(=O)CC(=O)O)CC2)C(=O)N2CCN(c3ccncc3)CC2)cc2cn[nH]c12. The third kappa shape index (κ3) is 9.40. The Bertz CT molecular complexity index is 2480. The molecule has 62 heavy (non-hydrogen) atoms. The Balaban J connectivity index is 0.995. The van der Waals surface area contributed by atoms with Crippen LogP contribution in [0.15, 0.2) is 66.0 Å². The first-order chi connectivity index (χ1) is 30.0. The minimum absolute atomic E-state index is 0.0304. The van der Waals surface area contributed by atoms with Crippen LogP contribution in [0.3, 0.4) is 0 Å². The number of fused-ring (bicyclic) bond motifs is 2. The number of amides is 5.